The summed E-state index contributed by atoms with van der Waals surface area (Å²) in [6.45, 7) is 0.529. The van der Waals surface area contributed by atoms with E-state index in [0.29, 0.717) is 35.9 Å². The molecule has 176 valence electrons. The number of nitrogens with zero attached hydrogens (tertiary/aromatic N) is 5. The van der Waals surface area contributed by atoms with E-state index in [4.69, 9.17) is 0 Å². The average Bonchev–Trinajstić information content (AvgIpc) is 3.63. The Labute approximate surface area is 195 Å². The van der Waals surface area contributed by atoms with Crippen LogP contribution in [0.5, 0.6) is 0 Å². The quantitative estimate of drug-likeness (QED) is 0.720. The van der Waals surface area contributed by atoms with Crippen LogP contribution in [0.4, 0.5) is 26.1 Å². The van der Waals surface area contributed by atoms with E-state index in [1.165, 1.54) is 11.1 Å². The van der Waals surface area contributed by atoms with Gasteiger partial charge in [0.15, 0.2) is 0 Å². The molecule has 2 aliphatic heterocycles. The number of rotatable bonds is 5. The lowest BCUT2D eigenvalue weighted by Crippen LogP contribution is -2.42. The smallest absolute Gasteiger partial charge is 0.255 e. The van der Waals surface area contributed by atoms with Crippen LogP contribution < -0.4 is 10.2 Å². The van der Waals surface area contributed by atoms with Gasteiger partial charge in [0.2, 0.25) is 5.91 Å². The van der Waals surface area contributed by atoms with Gasteiger partial charge in [-0.3, -0.25) is 9.59 Å². The molecule has 0 aromatic carbocycles. The van der Waals surface area contributed by atoms with E-state index in [0.717, 1.165) is 12.8 Å². The van der Waals surface area contributed by atoms with E-state index in [9.17, 15) is 23.6 Å². The number of pyridine rings is 2. The first-order chi connectivity index (χ1) is 16.3. The number of alkyl halides is 2. The second-order valence-corrected chi connectivity index (χ2v) is 9.17. The summed E-state index contributed by atoms with van der Waals surface area (Å²) in [5, 5.41) is 12.7. The molecule has 0 spiro atoms. The second-order valence-electron chi connectivity index (χ2n) is 9.17. The SMILES string of the molecule is N#C[C@@]1(C2CC2)CCN(c2ccnc(Nc3ccc(C(=O)N4CCC(F)(F)CC4)cn3)c2)C1=O. The van der Waals surface area contributed by atoms with Crippen LogP contribution in [0, 0.1) is 22.7 Å². The lowest BCUT2D eigenvalue weighted by molar-refractivity contribution is -0.123. The Morgan fingerprint density at radius 1 is 1.09 bits per heavy atom. The van der Waals surface area contributed by atoms with Crippen molar-refractivity contribution in [3.05, 3.63) is 42.2 Å². The zero-order valence-electron chi connectivity index (χ0n) is 18.5. The molecule has 0 bridgehead atoms. The van der Waals surface area contributed by atoms with Crippen molar-refractivity contribution in [2.45, 2.75) is 38.0 Å². The summed E-state index contributed by atoms with van der Waals surface area (Å²) in [5.41, 5.74) is 0.0763. The number of hydrogen-bond donors (Lipinski definition) is 1. The number of likely N-dealkylation sites (tertiary alicyclic amines) is 1. The molecule has 1 saturated carbocycles. The summed E-state index contributed by atoms with van der Waals surface area (Å²) in [6.07, 6.45) is 4.70. The van der Waals surface area contributed by atoms with Crippen molar-refractivity contribution in [1.29, 1.82) is 5.26 Å². The number of piperidine rings is 1. The Morgan fingerprint density at radius 3 is 2.50 bits per heavy atom. The average molecular weight is 466 g/mol. The lowest BCUT2D eigenvalue weighted by Gasteiger charge is -2.31. The van der Waals surface area contributed by atoms with E-state index in [1.807, 2.05) is 0 Å². The first kappa shape index (κ1) is 22.2. The Balaban J connectivity index is 1.25. The van der Waals surface area contributed by atoms with Crippen molar-refractivity contribution in [2.24, 2.45) is 11.3 Å². The summed E-state index contributed by atoms with van der Waals surface area (Å²) >= 11 is 0. The van der Waals surface area contributed by atoms with Gasteiger partial charge in [0.1, 0.15) is 17.1 Å². The molecule has 1 N–H and O–H groups in total. The van der Waals surface area contributed by atoms with E-state index >= 15 is 0 Å². The maximum absolute atomic E-state index is 13.3. The number of halogens is 2. The third-order valence-electron chi connectivity index (χ3n) is 6.93. The molecule has 1 aliphatic carbocycles. The molecule has 3 fully saturated rings. The minimum absolute atomic E-state index is 0.0194. The van der Waals surface area contributed by atoms with E-state index < -0.39 is 11.3 Å². The van der Waals surface area contributed by atoms with Gasteiger partial charge in [-0.15, -0.1) is 0 Å². The molecular weight excluding hydrogens is 442 g/mol. The number of aromatic nitrogens is 2. The van der Waals surface area contributed by atoms with Crippen LogP contribution in [0.3, 0.4) is 0 Å². The molecule has 3 aliphatic rings. The van der Waals surface area contributed by atoms with E-state index in [1.54, 1.807) is 35.4 Å². The van der Waals surface area contributed by atoms with Gasteiger partial charge in [-0.1, -0.05) is 0 Å². The summed E-state index contributed by atoms with van der Waals surface area (Å²) in [7, 11) is 0. The van der Waals surface area contributed by atoms with Crippen molar-refractivity contribution in [2.75, 3.05) is 29.9 Å². The molecule has 10 heteroatoms. The highest BCUT2D eigenvalue weighted by Gasteiger charge is 2.56. The molecular formula is C24H24F2N6O2. The monoisotopic (exact) mass is 466 g/mol. The maximum Gasteiger partial charge on any atom is 0.255 e. The minimum atomic E-state index is -2.71. The van der Waals surface area contributed by atoms with Gasteiger partial charge in [0.25, 0.3) is 11.8 Å². The number of carbonyl (C=O) groups is 2. The number of nitrogens with one attached hydrogen (secondary N) is 1. The third-order valence-corrected chi connectivity index (χ3v) is 6.93. The third kappa shape index (κ3) is 4.06. The van der Waals surface area contributed by atoms with Crippen LogP contribution in [0.2, 0.25) is 0 Å². The van der Waals surface area contributed by atoms with Crippen LogP contribution in [0.25, 0.3) is 0 Å². The summed E-state index contributed by atoms with van der Waals surface area (Å²) in [6, 6.07) is 8.96. The number of anilines is 3. The molecule has 2 aromatic heterocycles. The summed E-state index contributed by atoms with van der Waals surface area (Å²) in [4.78, 5) is 37.2. The lowest BCUT2D eigenvalue weighted by atomic mass is 9.83. The number of amides is 2. The standard InChI is InChI=1S/C24H24F2N6O2/c25-24(26)7-10-31(11-8-24)21(33)16-1-4-19(29-14-16)30-20-13-18(5-9-28-20)32-12-6-23(15-27,22(32)34)17-2-3-17/h1,4-5,9,13-14,17H,2-3,6-8,10-12H2,(H,28,29,30)/t23-/m1/s1. The minimum Gasteiger partial charge on any atom is -0.338 e. The zero-order valence-corrected chi connectivity index (χ0v) is 18.5. The van der Waals surface area contributed by atoms with Crippen LogP contribution in [0.15, 0.2) is 36.7 Å². The predicted molar refractivity (Wildman–Crippen MR) is 120 cm³/mol. The number of hydrogen-bond acceptors (Lipinski definition) is 6. The molecule has 5 rings (SSSR count). The Bertz CT molecular complexity index is 1150. The fourth-order valence-electron chi connectivity index (χ4n) is 4.73. The normalized spacial score (nSPS) is 24.1. The molecule has 34 heavy (non-hydrogen) atoms. The largest absolute Gasteiger partial charge is 0.338 e. The highest BCUT2D eigenvalue weighted by molar-refractivity contribution is 6.02. The van der Waals surface area contributed by atoms with Crippen LogP contribution in [-0.2, 0) is 4.79 Å². The van der Waals surface area contributed by atoms with Crippen molar-refractivity contribution >= 4 is 29.1 Å². The first-order valence-electron chi connectivity index (χ1n) is 11.4. The van der Waals surface area contributed by atoms with Gasteiger partial charge in [0, 0.05) is 56.6 Å². The van der Waals surface area contributed by atoms with E-state index in [2.05, 4.69) is 21.4 Å². The van der Waals surface area contributed by atoms with Gasteiger partial charge in [0.05, 0.1) is 11.6 Å². The Kier molecular flexibility index (Phi) is 5.42. The van der Waals surface area contributed by atoms with Crippen molar-refractivity contribution < 1.29 is 18.4 Å². The molecule has 8 nitrogen and oxygen atoms in total. The van der Waals surface area contributed by atoms with Crippen LogP contribution in [-0.4, -0.2) is 52.2 Å². The fourth-order valence-corrected chi connectivity index (χ4v) is 4.73. The number of nitriles is 1. The van der Waals surface area contributed by atoms with E-state index in [-0.39, 0.29) is 43.7 Å². The van der Waals surface area contributed by atoms with Crippen LogP contribution in [0.1, 0.15) is 42.5 Å². The van der Waals surface area contributed by atoms with Crippen molar-refractivity contribution in [3.63, 3.8) is 0 Å². The van der Waals surface area contributed by atoms with Gasteiger partial charge in [-0.2, -0.15) is 5.26 Å². The molecule has 0 unspecified atom stereocenters. The topological polar surface area (TPSA) is 102 Å². The van der Waals surface area contributed by atoms with Crippen molar-refractivity contribution in [1.82, 2.24) is 14.9 Å². The molecule has 2 saturated heterocycles. The number of carbonyl (C=O) groups excluding carboxylic acids is 2. The predicted octanol–water partition coefficient (Wildman–Crippen LogP) is 3.75. The molecule has 2 amide bonds. The van der Waals surface area contributed by atoms with Gasteiger partial charge >= 0.3 is 0 Å². The molecule has 1 atom stereocenters. The molecule has 0 radical (unpaired) electrons. The second kappa shape index (κ2) is 8.31. The highest BCUT2D eigenvalue weighted by atomic mass is 19.3. The van der Waals surface area contributed by atoms with Crippen molar-refractivity contribution in [3.8, 4) is 6.07 Å². The summed E-state index contributed by atoms with van der Waals surface area (Å²) in [5.74, 6) is -2.11. The van der Waals surface area contributed by atoms with Gasteiger partial charge < -0.3 is 15.1 Å². The highest BCUT2D eigenvalue weighted by Crippen LogP contribution is 2.51. The molecule has 2 aromatic rings. The zero-order chi connectivity index (χ0) is 23.9. The first-order valence-corrected chi connectivity index (χ1v) is 11.4. The fraction of sp³-hybridized carbons (Fsp3) is 0.458. The van der Waals surface area contributed by atoms with Gasteiger partial charge in [-0.25, -0.2) is 18.7 Å². The molecule has 4 heterocycles. The van der Waals surface area contributed by atoms with Crippen LogP contribution >= 0.6 is 0 Å². The van der Waals surface area contributed by atoms with Gasteiger partial charge in [-0.05, 0) is 43.4 Å². The maximum atomic E-state index is 13.3. The Hall–Kier alpha value is -3.61. The summed E-state index contributed by atoms with van der Waals surface area (Å²) < 4.78 is 26.7. The Morgan fingerprint density at radius 2 is 1.85 bits per heavy atom.